The van der Waals surface area contributed by atoms with Crippen molar-refractivity contribution in [2.75, 3.05) is 0 Å². The molecule has 108 valence electrons. The van der Waals surface area contributed by atoms with E-state index in [0.29, 0.717) is 17.1 Å². The Hall–Kier alpha value is -1.14. The molecule has 2 aliphatic heterocycles. The number of hydrogen-bond donors (Lipinski definition) is 2. The molecule has 2 aliphatic rings. The minimum absolute atomic E-state index is 0.105. The number of amides is 2. The molecule has 2 amide bonds. The van der Waals surface area contributed by atoms with Gasteiger partial charge in [-0.15, -0.1) is 0 Å². The molecule has 2 bridgehead atoms. The maximum atomic E-state index is 13.2. The molecule has 2 fully saturated rings. The zero-order valence-electron chi connectivity index (χ0n) is 10.9. The summed E-state index contributed by atoms with van der Waals surface area (Å²) in [6.45, 7) is 0.296. The van der Waals surface area contributed by atoms with Crippen LogP contribution in [-0.4, -0.2) is 24.3 Å². The second kappa shape index (κ2) is 5.69. The molecule has 3 rings (SSSR count). The van der Waals surface area contributed by atoms with Gasteiger partial charge in [0.25, 0.3) is 0 Å². The fraction of sp³-hybridized carbons (Fsp3) is 0.500. The monoisotopic (exact) mass is 342 g/mol. The maximum Gasteiger partial charge on any atom is 0.315 e. The fourth-order valence-electron chi connectivity index (χ4n) is 2.90. The predicted octanol–water partition coefficient (Wildman–Crippen LogP) is 2.71. The Kier molecular flexibility index (Phi) is 3.94. The summed E-state index contributed by atoms with van der Waals surface area (Å²) in [6.07, 6.45) is 3.48. The van der Waals surface area contributed by atoms with Crippen LogP contribution < -0.4 is 10.6 Å². The van der Waals surface area contributed by atoms with Gasteiger partial charge >= 0.3 is 6.03 Å². The van der Waals surface area contributed by atoms with Crippen LogP contribution in [-0.2, 0) is 11.3 Å². The van der Waals surface area contributed by atoms with Crippen molar-refractivity contribution in [1.29, 1.82) is 0 Å². The molecular weight excluding hydrogens is 327 g/mol. The molecule has 1 aromatic rings. The second-order valence-corrected chi connectivity index (χ2v) is 6.24. The normalized spacial score (nSPS) is 27.6. The van der Waals surface area contributed by atoms with Crippen molar-refractivity contribution in [3.05, 3.63) is 34.1 Å². The highest BCUT2D eigenvalue weighted by atomic mass is 79.9. The lowest BCUT2D eigenvalue weighted by Crippen LogP contribution is -2.46. The van der Waals surface area contributed by atoms with Crippen molar-refractivity contribution >= 4 is 22.0 Å². The van der Waals surface area contributed by atoms with Gasteiger partial charge in [-0.05, 0) is 43.0 Å². The largest absolute Gasteiger partial charge is 0.373 e. The quantitative estimate of drug-likeness (QED) is 0.887. The predicted molar refractivity (Wildman–Crippen MR) is 75.8 cm³/mol. The molecule has 1 aromatic carbocycles. The minimum atomic E-state index is -0.321. The Morgan fingerprint density at radius 1 is 1.40 bits per heavy atom. The van der Waals surface area contributed by atoms with Crippen molar-refractivity contribution < 1.29 is 13.9 Å². The van der Waals surface area contributed by atoms with Crippen LogP contribution in [0.15, 0.2) is 22.7 Å². The van der Waals surface area contributed by atoms with Crippen LogP contribution in [0.4, 0.5) is 9.18 Å². The third kappa shape index (κ3) is 3.12. The van der Waals surface area contributed by atoms with E-state index < -0.39 is 0 Å². The van der Waals surface area contributed by atoms with Crippen LogP contribution in [0.2, 0.25) is 0 Å². The van der Waals surface area contributed by atoms with Crippen LogP contribution in [0, 0.1) is 5.82 Å². The molecule has 0 saturated carbocycles. The van der Waals surface area contributed by atoms with Crippen molar-refractivity contribution in [2.45, 2.75) is 44.1 Å². The average molecular weight is 343 g/mol. The van der Waals surface area contributed by atoms with Crippen molar-refractivity contribution in [3.8, 4) is 0 Å². The number of hydrogen-bond acceptors (Lipinski definition) is 2. The van der Waals surface area contributed by atoms with Gasteiger partial charge in [0.2, 0.25) is 0 Å². The van der Waals surface area contributed by atoms with Gasteiger partial charge in [0.15, 0.2) is 0 Å². The van der Waals surface area contributed by atoms with Gasteiger partial charge in [-0.2, -0.15) is 0 Å². The lowest BCUT2D eigenvalue weighted by atomic mass is 9.96. The lowest BCUT2D eigenvalue weighted by Gasteiger charge is -2.20. The Labute approximate surface area is 125 Å². The van der Waals surface area contributed by atoms with E-state index in [2.05, 4.69) is 26.6 Å². The van der Waals surface area contributed by atoms with Crippen LogP contribution in [0.1, 0.15) is 24.8 Å². The Morgan fingerprint density at radius 3 is 2.90 bits per heavy atom. The van der Waals surface area contributed by atoms with Gasteiger partial charge < -0.3 is 15.4 Å². The first-order chi connectivity index (χ1) is 9.60. The highest BCUT2D eigenvalue weighted by molar-refractivity contribution is 9.10. The van der Waals surface area contributed by atoms with Gasteiger partial charge in [0.1, 0.15) is 5.82 Å². The topological polar surface area (TPSA) is 50.4 Å². The van der Waals surface area contributed by atoms with E-state index in [1.807, 2.05) is 0 Å². The Balaban J connectivity index is 1.49. The maximum absolute atomic E-state index is 13.2. The molecule has 0 aromatic heterocycles. The number of carbonyl (C=O) groups excluding carboxylic acids is 1. The average Bonchev–Trinajstić information content (AvgIpc) is 2.97. The standard InChI is InChI=1S/C14H16BrFN2O2/c15-9-3-8(4-10(16)5-9)7-17-14(19)18-12-6-11-1-2-13(12)20-11/h3-5,11-13H,1-2,6-7H2,(H2,17,18,19)/t11-,12-,13-/m1/s1. The number of urea groups is 1. The smallest absolute Gasteiger partial charge is 0.315 e. The summed E-state index contributed by atoms with van der Waals surface area (Å²) in [5, 5.41) is 5.68. The van der Waals surface area contributed by atoms with E-state index in [1.54, 1.807) is 6.07 Å². The molecule has 20 heavy (non-hydrogen) atoms. The SMILES string of the molecule is O=C(NCc1cc(F)cc(Br)c1)N[C@@H]1C[C@H]2CC[C@H]1O2. The summed E-state index contributed by atoms with van der Waals surface area (Å²) in [4.78, 5) is 11.8. The second-order valence-electron chi connectivity index (χ2n) is 5.32. The molecule has 2 heterocycles. The summed E-state index contributed by atoms with van der Waals surface area (Å²) in [7, 11) is 0. The fourth-order valence-corrected chi connectivity index (χ4v) is 3.42. The molecular formula is C14H16BrFN2O2. The van der Waals surface area contributed by atoms with Gasteiger partial charge in [0.05, 0.1) is 18.2 Å². The summed E-state index contributed by atoms with van der Waals surface area (Å²) in [5.41, 5.74) is 0.719. The van der Waals surface area contributed by atoms with E-state index in [0.717, 1.165) is 24.8 Å². The molecule has 4 nitrogen and oxygen atoms in total. The highest BCUT2D eigenvalue weighted by Gasteiger charge is 2.41. The zero-order valence-corrected chi connectivity index (χ0v) is 12.5. The Bertz CT molecular complexity index is 506. The molecule has 3 atom stereocenters. The Morgan fingerprint density at radius 2 is 2.25 bits per heavy atom. The first-order valence-electron chi connectivity index (χ1n) is 6.75. The summed E-state index contributed by atoms with van der Waals surface area (Å²) >= 11 is 3.23. The van der Waals surface area contributed by atoms with Gasteiger partial charge in [-0.1, -0.05) is 15.9 Å². The van der Waals surface area contributed by atoms with E-state index in [1.165, 1.54) is 12.1 Å². The third-order valence-electron chi connectivity index (χ3n) is 3.80. The lowest BCUT2D eigenvalue weighted by molar-refractivity contribution is 0.0981. The van der Waals surface area contributed by atoms with Gasteiger partial charge in [-0.3, -0.25) is 0 Å². The van der Waals surface area contributed by atoms with E-state index in [9.17, 15) is 9.18 Å². The van der Waals surface area contributed by atoms with Crippen LogP contribution in [0.5, 0.6) is 0 Å². The highest BCUT2D eigenvalue weighted by Crippen LogP contribution is 2.34. The minimum Gasteiger partial charge on any atom is -0.373 e. The number of benzene rings is 1. The number of nitrogens with one attached hydrogen (secondary N) is 2. The zero-order chi connectivity index (χ0) is 14.1. The first-order valence-corrected chi connectivity index (χ1v) is 7.54. The number of rotatable bonds is 3. The first kappa shape index (κ1) is 13.8. The molecule has 0 radical (unpaired) electrons. The number of carbonyl (C=O) groups is 1. The molecule has 0 unspecified atom stereocenters. The molecule has 2 N–H and O–H groups in total. The van der Waals surface area contributed by atoms with E-state index in [-0.39, 0.29) is 24.0 Å². The van der Waals surface area contributed by atoms with Gasteiger partial charge in [0, 0.05) is 11.0 Å². The van der Waals surface area contributed by atoms with Crippen LogP contribution in [0.3, 0.4) is 0 Å². The molecule has 0 aliphatic carbocycles. The van der Waals surface area contributed by atoms with E-state index in [4.69, 9.17) is 4.74 Å². The summed E-state index contributed by atoms with van der Waals surface area (Å²) in [6, 6.07) is 4.45. The van der Waals surface area contributed by atoms with Crippen molar-refractivity contribution in [1.82, 2.24) is 10.6 Å². The van der Waals surface area contributed by atoms with Crippen molar-refractivity contribution in [3.63, 3.8) is 0 Å². The summed E-state index contributed by atoms with van der Waals surface area (Å²) < 4.78 is 19.6. The van der Waals surface area contributed by atoms with Crippen LogP contribution in [0.25, 0.3) is 0 Å². The third-order valence-corrected chi connectivity index (χ3v) is 4.26. The molecule has 0 spiro atoms. The molecule has 2 saturated heterocycles. The number of ether oxygens (including phenoxy) is 1. The van der Waals surface area contributed by atoms with Gasteiger partial charge in [-0.25, -0.2) is 9.18 Å². The van der Waals surface area contributed by atoms with Crippen molar-refractivity contribution in [2.24, 2.45) is 0 Å². The van der Waals surface area contributed by atoms with E-state index >= 15 is 0 Å². The van der Waals surface area contributed by atoms with Crippen LogP contribution >= 0.6 is 15.9 Å². The molecule has 6 heteroatoms. The summed E-state index contributed by atoms with van der Waals surface area (Å²) in [5.74, 6) is -0.321. The number of fused-ring (bicyclic) bond motifs is 2. The number of halogens is 2.